The van der Waals surface area contributed by atoms with Gasteiger partial charge in [0, 0.05) is 6.07 Å². The molecule has 3 aromatic rings. The van der Waals surface area contributed by atoms with Crippen LogP contribution in [-0.2, 0) is 0 Å². The van der Waals surface area contributed by atoms with E-state index in [0.717, 1.165) is 0 Å². The summed E-state index contributed by atoms with van der Waals surface area (Å²) in [7, 11) is 4.58. The third-order valence-corrected chi connectivity index (χ3v) is 3.61. The minimum atomic E-state index is -0.565. The Morgan fingerprint density at radius 1 is 0.962 bits per heavy atom. The number of aromatic nitrogens is 2. The number of nitrogens with zero attached hydrogens (tertiary/aromatic N) is 2. The van der Waals surface area contributed by atoms with Gasteiger partial charge >= 0.3 is 11.8 Å². The fourth-order valence-electron chi connectivity index (χ4n) is 2.33. The van der Waals surface area contributed by atoms with Crippen molar-refractivity contribution in [3.63, 3.8) is 0 Å². The van der Waals surface area contributed by atoms with Gasteiger partial charge in [-0.05, 0) is 24.3 Å². The van der Waals surface area contributed by atoms with Gasteiger partial charge in [0.1, 0.15) is 17.2 Å². The molecule has 1 amide bonds. The van der Waals surface area contributed by atoms with E-state index in [1.165, 1.54) is 21.3 Å². The molecule has 1 heterocycles. The third kappa shape index (κ3) is 3.44. The summed E-state index contributed by atoms with van der Waals surface area (Å²) in [5, 5.41) is 10.4. The summed E-state index contributed by atoms with van der Waals surface area (Å²) in [6, 6.07) is 12.2. The van der Waals surface area contributed by atoms with Crippen LogP contribution >= 0.6 is 0 Å². The van der Waals surface area contributed by atoms with E-state index in [1.807, 2.05) is 12.1 Å². The van der Waals surface area contributed by atoms with Crippen molar-refractivity contribution in [3.05, 3.63) is 48.4 Å². The number of hydrogen-bond donors (Lipinski definition) is 1. The summed E-state index contributed by atoms with van der Waals surface area (Å²) in [4.78, 5) is 12.4. The number of methoxy groups -OCH3 is 3. The molecule has 0 saturated heterocycles. The van der Waals surface area contributed by atoms with Crippen LogP contribution in [0.25, 0.3) is 11.5 Å². The Hall–Kier alpha value is -3.55. The maximum absolute atomic E-state index is 12.4. The summed E-state index contributed by atoms with van der Waals surface area (Å²) in [6.07, 6.45) is 0. The molecule has 134 valence electrons. The molecule has 0 aliphatic heterocycles. The van der Waals surface area contributed by atoms with Crippen molar-refractivity contribution in [2.24, 2.45) is 0 Å². The maximum atomic E-state index is 12.4. The van der Waals surface area contributed by atoms with Crippen LogP contribution < -0.4 is 19.5 Å². The molecule has 1 N–H and O–H groups in total. The van der Waals surface area contributed by atoms with Crippen molar-refractivity contribution in [2.45, 2.75) is 0 Å². The fraction of sp³-hybridized carbons (Fsp3) is 0.167. The van der Waals surface area contributed by atoms with E-state index in [9.17, 15) is 4.79 Å². The fourth-order valence-corrected chi connectivity index (χ4v) is 2.33. The number of rotatable bonds is 6. The third-order valence-electron chi connectivity index (χ3n) is 3.61. The first-order chi connectivity index (χ1) is 12.7. The molecule has 26 heavy (non-hydrogen) atoms. The summed E-state index contributed by atoms with van der Waals surface area (Å²) in [5.41, 5.74) is 1.02. The predicted molar refractivity (Wildman–Crippen MR) is 93.8 cm³/mol. The van der Waals surface area contributed by atoms with Crippen LogP contribution in [0.2, 0.25) is 0 Å². The minimum absolute atomic E-state index is 0.184. The van der Waals surface area contributed by atoms with Crippen LogP contribution in [-0.4, -0.2) is 37.4 Å². The number of amides is 1. The van der Waals surface area contributed by atoms with Gasteiger partial charge in [0.05, 0.1) is 32.6 Å². The number of anilines is 1. The highest BCUT2D eigenvalue weighted by Crippen LogP contribution is 2.30. The van der Waals surface area contributed by atoms with Gasteiger partial charge in [-0.15, -0.1) is 10.2 Å². The Balaban J connectivity index is 1.85. The average Bonchev–Trinajstić information content (AvgIpc) is 3.18. The molecule has 8 nitrogen and oxygen atoms in total. The normalized spacial score (nSPS) is 10.3. The van der Waals surface area contributed by atoms with Crippen LogP contribution in [0.15, 0.2) is 46.9 Å². The highest BCUT2D eigenvalue weighted by molar-refractivity contribution is 6.02. The number of carbonyl (C=O) groups is 1. The number of hydrogen-bond acceptors (Lipinski definition) is 7. The van der Waals surface area contributed by atoms with Crippen LogP contribution in [0.4, 0.5) is 5.69 Å². The summed E-state index contributed by atoms with van der Waals surface area (Å²) in [5.74, 6) is 1.05. The van der Waals surface area contributed by atoms with E-state index < -0.39 is 5.91 Å². The maximum Gasteiger partial charge on any atom is 0.313 e. The van der Waals surface area contributed by atoms with Crippen LogP contribution in [0.3, 0.4) is 0 Å². The second-order valence-electron chi connectivity index (χ2n) is 5.13. The molecule has 2 aromatic carbocycles. The molecule has 8 heteroatoms. The molecule has 0 bridgehead atoms. The standard InChI is InChI=1S/C18H17N3O5/c1-23-11-8-9-15(25-3)13(10-11)19-16(22)18-21-20-17(26-18)12-6-4-5-7-14(12)24-2/h4-10H,1-3H3,(H,19,22). The number of carbonyl (C=O) groups excluding carboxylic acids is 1. The van der Waals surface area contributed by atoms with Crippen molar-refractivity contribution in [2.75, 3.05) is 26.6 Å². The van der Waals surface area contributed by atoms with Gasteiger partial charge < -0.3 is 23.9 Å². The second-order valence-corrected chi connectivity index (χ2v) is 5.13. The van der Waals surface area contributed by atoms with Crippen LogP contribution in [0.1, 0.15) is 10.7 Å². The molecular formula is C18H17N3O5. The van der Waals surface area contributed by atoms with Crippen LogP contribution in [0, 0.1) is 0 Å². The zero-order valence-corrected chi connectivity index (χ0v) is 14.5. The zero-order valence-electron chi connectivity index (χ0n) is 14.5. The SMILES string of the molecule is COc1ccc(OC)c(NC(=O)c2nnc(-c3ccccc3OC)o2)c1. The highest BCUT2D eigenvalue weighted by Gasteiger charge is 2.19. The largest absolute Gasteiger partial charge is 0.497 e. The number of ether oxygens (including phenoxy) is 3. The van der Waals surface area contributed by atoms with E-state index in [1.54, 1.807) is 30.3 Å². The van der Waals surface area contributed by atoms with E-state index in [-0.39, 0.29) is 11.8 Å². The van der Waals surface area contributed by atoms with Gasteiger partial charge in [-0.3, -0.25) is 4.79 Å². The molecule has 0 atom stereocenters. The first-order valence-electron chi connectivity index (χ1n) is 7.66. The van der Waals surface area contributed by atoms with Gasteiger partial charge in [0.25, 0.3) is 5.89 Å². The Morgan fingerprint density at radius 3 is 2.46 bits per heavy atom. The Morgan fingerprint density at radius 2 is 1.73 bits per heavy atom. The molecular weight excluding hydrogens is 338 g/mol. The molecule has 0 fully saturated rings. The monoisotopic (exact) mass is 355 g/mol. The second kappa shape index (κ2) is 7.56. The summed E-state index contributed by atoms with van der Waals surface area (Å²) < 4.78 is 21.1. The Bertz CT molecular complexity index is 923. The smallest absolute Gasteiger partial charge is 0.313 e. The molecule has 0 unspecified atom stereocenters. The van der Waals surface area contributed by atoms with Gasteiger partial charge in [-0.2, -0.15) is 0 Å². The van der Waals surface area contributed by atoms with Gasteiger partial charge in [-0.1, -0.05) is 12.1 Å². The first-order valence-corrected chi connectivity index (χ1v) is 7.66. The average molecular weight is 355 g/mol. The van der Waals surface area contributed by atoms with Crippen LogP contribution in [0.5, 0.6) is 17.2 Å². The predicted octanol–water partition coefficient (Wildman–Crippen LogP) is 3.01. The Labute approximate surface area is 149 Å². The lowest BCUT2D eigenvalue weighted by molar-refractivity contribution is 0.0990. The molecule has 0 saturated carbocycles. The van der Waals surface area contributed by atoms with E-state index in [4.69, 9.17) is 18.6 Å². The topological polar surface area (TPSA) is 95.7 Å². The highest BCUT2D eigenvalue weighted by atomic mass is 16.5. The van der Waals surface area contributed by atoms with Crippen molar-refractivity contribution >= 4 is 11.6 Å². The molecule has 1 aromatic heterocycles. The number of benzene rings is 2. The Kier molecular flexibility index (Phi) is 5.02. The molecule has 0 aliphatic rings. The zero-order chi connectivity index (χ0) is 18.5. The molecule has 3 rings (SSSR count). The molecule has 0 aliphatic carbocycles. The summed E-state index contributed by atoms with van der Waals surface area (Å²) in [6.45, 7) is 0. The molecule has 0 radical (unpaired) electrons. The lowest BCUT2D eigenvalue weighted by Gasteiger charge is -2.10. The van der Waals surface area contributed by atoms with Gasteiger partial charge in [0.15, 0.2) is 0 Å². The number of para-hydroxylation sites is 1. The molecule has 0 spiro atoms. The number of nitrogens with one attached hydrogen (secondary N) is 1. The van der Waals surface area contributed by atoms with Gasteiger partial charge in [0.2, 0.25) is 0 Å². The van der Waals surface area contributed by atoms with Crippen molar-refractivity contribution < 1.29 is 23.4 Å². The van der Waals surface area contributed by atoms with E-state index in [2.05, 4.69) is 15.5 Å². The van der Waals surface area contributed by atoms with Crippen molar-refractivity contribution in [1.82, 2.24) is 10.2 Å². The summed E-state index contributed by atoms with van der Waals surface area (Å²) >= 11 is 0. The van der Waals surface area contributed by atoms with Crippen molar-refractivity contribution in [1.29, 1.82) is 0 Å². The van der Waals surface area contributed by atoms with Crippen molar-refractivity contribution in [3.8, 4) is 28.7 Å². The quantitative estimate of drug-likeness (QED) is 0.726. The van der Waals surface area contributed by atoms with E-state index in [0.29, 0.717) is 28.5 Å². The lowest BCUT2D eigenvalue weighted by atomic mass is 10.2. The van der Waals surface area contributed by atoms with E-state index >= 15 is 0 Å². The minimum Gasteiger partial charge on any atom is -0.497 e. The lowest BCUT2D eigenvalue weighted by Crippen LogP contribution is -2.13. The first kappa shape index (κ1) is 17.3. The van der Waals surface area contributed by atoms with Gasteiger partial charge in [-0.25, -0.2) is 0 Å².